The molecule has 1 spiro atoms. The van der Waals surface area contributed by atoms with Gasteiger partial charge in [0.1, 0.15) is 29.7 Å². The fourth-order valence-corrected chi connectivity index (χ4v) is 12.1. The highest BCUT2D eigenvalue weighted by molar-refractivity contribution is 7.70. The van der Waals surface area contributed by atoms with E-state index in [1.54, 1.807) is 31.5 Å². The van der Waals surface area contributed by atoms with Crippen LogP contribution in [0.25, 0.3) is 0 Å². The van der Waals surface area contributed by atoms with Crippen molar-refractivity contribution < 1.29 is 28.4 Å². The standard InChI is InChI=1S/C49H60ClN8O6P/c1-5-31-27-38(53-48-51-29-36(50)45(55-48)52-37-10-6-7-12-43(37)65(3,4)62)42(63-2)28-40(31)57-23-17-32(18-24-57)56-25-21-49(22-26-56)19-15-33(16-20-49)64-41-11-8-9-34-35(41)30-58(47(34)61)39-13-14-44(59)54-46(39)60/h6-12,27-29,32-33,39H,5,13-26,30H2,1-4H3,(H,54,59,60)(H2,51,52,53,55). The molecule has 1 atom stereocenters. The number of ether oxygens (including phenoxy) is 2. The number of carbonyl (C=O) groups is 3. The van der Waals surface area contributed by atoms with Gasteiger partial charge in [-0.25, -0.2) is 4.98 Å². The number of para-hydroxylation sites is 1. The van der Waals surface area contributed by atoms with Crippen molar-refractivity contribution in [3.05, 3.63) is 82.5 Å². The van der Waals surface area contributed by atoms with Crippen LogP contribution in [0.4, 0.5) is 28.8 Å². The average molecular weight is 923 g/mol. The molecule has 1 saturated carbocycles. The molecule has 1 aromatic heterocycles. The number of carbonyl (C=O) groups excluding carboxylic acids is 3. The second kappa shape index (κ2) is 18.6. The average Bonchev–Trinajstić information content (AvgIpc) is 3.64. The van der Waals surface area contributed by atoms with Crippen LogP contribution in [0.3, 0.4) is 0 Å². The lowest BCUT2D eigenvalue weighted by molar-refractivity contribution is -0.136. The number of hydrogen-bond acceptors (Lipinski definition) is 12. The zero-order valence-corrected chi connectivity index (χ0v) is 39.5. The highest BCUT2D eigenvalue weighted by Crippen LogP contribution is 2.47. The number of piperidine rings is 3. The molecule has 16 heteroatoms. The van der Waals surface area contributed by atoms with E-state index in [1.165, 1.54) is 24.1 Å². The van der Waals surface area contributed by atoms with Crippen molar-refractivity contribution >= 4 is 70.6 Å². The van der Waals surface area contributed by atoms with Gasteiger partial charge in [0.05, 0.1) is 37.3 Å². The minimum Gasteiger partial charge on any atom is -0.494 e. The van der Waals surface area contributed by atoms with Crippen LogP contribution in [0.2, 0.25) is 5.02 Å². The summed E-state index contributed by atoms with van der Waals surface area (Å²) in [5.41, 5.74) is 5.67. The van der Waals surface area contributed by atoms with Gasteiger partial charge >= 0.3 is 0 Å². The summed E-state index contributed by atoms with van der Waals surface area (Å²) in [6.45, 7) is 10.2. The Bertz CT molecular complexity index is 2510. The van der Waals surface area contributed by atoms with Gasteiger partial charge in [0.2, 0.25) is 17.8 Å². The molecule has 5 heterocycles. The van der Waals surface area contributed by atoms with Crippen LogP contribution in [-0.4, -0.2) is 102 Å². The van der Waals surface area contributed by atoms with Gasteiger partial charge in [0.25, 0.3) is 5.91 Å². The van der Waals surface area contributed by atoms with Gasteiger partial charge in [-0.3, -0.25) is 19.7 Å². The Morgan fingerprint density at radius 3 is 2.35 bits per heavy atom. The maximum Gasteiger partial charge on any atom is 0.255 e. The topological polar surface area (TPSA) is 158 Å². The fourth-order valence-electron chi connectivity index (χ4n) is 10.8. The molecule has 4 aliphatic heterocycles. The number of rotatable bonds is 12. The zero-order valence-electron chi connectivity index (χ0n) is 37.8. The normalized spacial score (nSPS) is 20.8. The first kappa shape index (κ1) is 45.0. The molecule has 4 fully saturated rings. The summed E-state index contributed by atoms with van der Waals surface area (Å²) < 4.78 is 25.6. The number of fused-ring (bicyclic) bond motifs is 1. The van der Waals surface area contributed by atoms with E-state index in [0.717, 1.165) is 93.4 Å². The molecular weight excluding hydrogens is 863 g/mol. The molecule has 1 aliphatic carbocycles. The van der Waals surface area contributed by atoms with E-state index in [0.29, 0.717) is 58.2 Å². The third-order valence-corrected chi connectivity index (χ3v) is 16.3. The molecule has 0 bridgehead atoms. The molecule has 3 saturated heterocycles. The van der Waals surface area contributed by atoms with E-state index in [1.807, 2.05) is 42.5 Å². The summed E-state index contributed by atoms with van der Waals surface area (Å²) in [6, 6.07) is 17.3. The van der Waals surface area contributed by atoms with Crippen LogP contribution in [-0.2, 0) is 27.1 Å². The largest absolute Gasteiger partial charge is 0.494 e. The predicted octanol–water partition coefficient (Wildman–Crippen LogP) is 8.27. The Morgan fingerprint density at radius 2 is 1.65 bits per heavy atom. The van der Waals surface area contributed by atoms with E-state index in [4.69, 9.17) is 26.1 Å². The molecule has 344 valence electrons. The molecule has 1 unspecified atom stereocenters. The third-order valence-electron chi connectivity index (χ3n) is 14.5. The minimum absolute atomic E-state index is 0.0975. The predicted molar refractivity (Wildman–Crippen MR) is 255 cm³/mol. The second-order valence-electron chi connectivity index (χ2n) is 18.8. The van der Waals surface area contributed by atoms with Crippen molar-refractivity contribution in [1.82, 2.24) is 25.1 Å². The summed E-state index contributed by atoms with van der Waals surface area (Å²) in [4.78, 5) is 53.7. The summed E-state index contributed by atoms with van der Waals surface area (Å²) in [6.07, 6.45) is 12.0. The number of likely N-dealkylation sites (tertiary alicyclic amines) is 1. The number of benzene rings is 3. The lowest BCUT2D eigenvalue weighted by atomic mass is 9.67. The Balaban J connectivity index is 0.773. The van der Waals surface area contributed by atoms with Crippen LogP contribution < -0.4 is 35.6 Å². The van der Waals surface area contributed by atoms with Crippen molar-refractivity contribution in [2.24, 2.45) is 5.41 Å². The number of nitrogens with zero attached hydrogens (tertiary/aromatic N) is 5. The Morgan fingerprint density at radius 1 is 0.892 bits per heavy atom. The molecule has 5 aliphatic rings. The van der Waals surface area contributed by atoms with Crippen molar-refractivity contribution in [1.29, 1.82) is 0 Å². The zero-order chi connectivity index (χ0) is 45.5. The molecule has 4 aromatic rings. The molecule has 3 aromatic carbocycles. The summed E-state index contributed by atoms with van der Waals surface area (Å²) in [7, 11) is -0.874. The number of amides is 3. The maximum atomic E-state index is 13.4. The molecule has 65 heavy (non-hydrogen) atoms. The lowest BCUT2D eigenvalue weighted by Gasteiger charge is -2.49. The van der Waals surface area contributed by atoms with E-state index in [2.05, 4.69) is 49.8 Å². The molecule has 9 rings (SSSR count). The number of anilines is 5. The van der Waals surface area contributed by atoms with Crippen molar-refractivity contribution in [2.75, 3.05) is 62.2 Å². The number of aromatic nitrogens is 2. The maximum absolute atomic E-state index is 13.4. The van der Waals surface area contributed by atoms with Gasteiger partial charge in [-0.15, -0.1) is 0 Å². The number of imide groups is 1. The Labute approximate surface area is 386 Å². The van der Waals surface area contributed by atoms with Gasteiger partial charge in [-0.1, -0.05) is 36.7 Å². The van der Waals surface area contributed by atoms with Gasteiger partial charge in [0.15, 0.2) is 5.82 Å². The van der Waals surface area contributed by atoms with Gasteiger partial charge in [-0.05, 0) is 132 Å². The third kappa shape index (κ3) is 9.45. The fraction of sp³-hybridized carbons (Fsp3) is 0.490. The van der Waals surface area contributed by atoms with Crippen LogP contribution in [0.5, 0.6) is 11.5 Å². The summed E-state index contributed by atoms with van der Waals surface area (Å²) >= 11 is 6.55. The van der Waals surface area contributed by atoms with Crippen LogP contribution in [0.1, 0.15) is 92.6 Å². The number of hydrogen-bond donors (Lipinski definition) is 3. The first-order chi connectivity index (χ1) is 31.3. The number of methoxy groups -OCH3 is 1. The van der Waals surface area contributed by atoms with Crippen molar-refractivity contribution in [3.63, 3.8) is 0 Å². The number of halogens is 1. The first-order valence-corrected chi connectivity index (χ1v) is 26.1. The monoisotopic (exact) mass is 922 g/mol. The summed E-state index contributed by atoms with van der Waals surface area (Å²) in [5, 5.41) is 10.1. The first-order valence-electron chi connectivity index (χ1n) is 23.2. The van der Waals surface area contributed by atoms with Crippen molar-refractivity contribution in [3.8, 4) is 11.5 Å². The minimum atomic E-state index is -2.56. The van der Waals surface area contributed by atoms with Gasteiger partial charge in [-0.2, -0.15) is 4.98 Å². The molecular formula is C49H60ClN8O6P. The van der Waals surface area contributed by atoms with E-state index < -0.39 is 19.1 Å². The Kier molecular flexibility index (Phi) is 12.9. The highest BCUT2D eigenvalue weighted by Gasteiger charge is 2.43. The number of nitrogens with one attached hydrogen (secondary N) is 3. The molecule has 3 amide bonds. The van der Waals surface area contributed by atoms with Gasteiger partial charge < -0.3 is 39.4 Å². The molecule has 14 nitrogen and oxygen atoms in total. The van der Waals surface area contributed by atoms with Crippen LogP contribution in [0, 0.1) is 5.41 Å². The van der Waals surface area contributed by atoms with Crippen molar-refractivity contribution in [2.45, 2.75) is 102 Å². The SMILES string of the molecule is CCc1cc(Nc2ncc(Cl)c(Nc3ccccc3P(C)(C)=O)n2)c(OC)cc1N1CCC(N2CCC3(CCC(Oc4cccc5c4CN(C4CCC(=O)NC4=O)C5=O)CC3)CC2)CC1. The van der Waals surface area contributed by atoms with Crippen LogP contribution >= 0.6 is 18.7 Å². The number of aryl methyl sites for hydroxylation is 1. The van der Waals surface area contributed by atoms with Gasteiger partial charge in [0, 0.05) is 53.7 Å². The van der Waals surface area contributed by atoms with E-state index >= 15 is 0 Å². The molecule has 3 N–H and O–H groups in total. The smallest absolute Gasteiger partial charge is 0.255 e. The lowest BCUT2D eigenvalue weighted by Crippen LogP contribution is -2.52. The van der Waals surface area contributed by atoms with E-state index in [-0.39, 0.29) is 24.3 Å². The quantitative estimate of drug-likeness (QED) is 0.0925. The highest BCUT2D eigenvalue weighted by atomic mass is 35.5. The Hall–Kier alpha value is -5.17. The second-order valence-corrected chi connectivity index (χ2v) is 22.4. The van der Waals surface area contributed by atoms with E-state index in [9.17, 15) is 18.9 Å². The summed E-state index contributed by atoms with van der Waals surface area (Å²) in [5.74, 6) is 1.36. The van der Waals surface area contributed by atoms with Crippen LogP contribution in [0.15, 0.2) is 60.8 Å². The molecule has 0 radical (unpaired) electrons.